The SMILES string of the molecule is Cc1cc(N)c(C)c(S(=O)(=O)Nc2ccc(I)cc2)c1. The molecular formula is C14H15IN2O2S. The van der Waals surface area contributed by atoms with Crippen molar-refractivity contribution in [3.63, 3.8) is 0 Å². The van der Waals surface area contributed by atoms with Crippen molar-refractivity contribution in [1.82, 2.24) is 0 Å². The van der Waals surface area contributed by atoms with Crippen LogP contribution in [0.2, 0.25) is 0 Å². The Hall–Kier alpha value is -1.28. The Kier molecular flexibility index (Phi) is 4.24. The molecule has 0 aromatic heterocycles. The molecule has 0 aliphatic rings. The van der Waals surface area contributed by atoms with Gasteiger partial charge in [0, 0.05) is 14.9 Å². The first-order chi connectivity index (χ1) is 9.29. The number of benzene rings is 2. The zero-order chi connectivity index (χ0) is 14.9. The maximum atomic E-state index is 12.4. The standard InChI is InChI=1S/C14H15IN2O2S/c1-9-7-13(16)10(2)14(8-9)20(18,19)17-12-5-3-11(15)4-6-12/h3-8,17H,16H2,1-2H3. The first-order valence-electron chi connectivity index (χ1n) is 5.95. The average Bonchev–Trinajstić information content (AvgIpc) is 2.36. The van der Waals surface area contributed by atoms with Gasteiger partial charge in [-0.2, -0.15) is 0 Å². The summed E-state index contributed by atoms with van der Waals surface area (Å²) in [4.78, 5) is 0.216. The molecule has 2 aromatic carbocycles. The van der Waals surface area contributed by atoms with Gasteiger partial charge in [0.2, 0.25) is 0 Å². The Morgan fingerprint density at radius 1 is 1.10 bits per heavy atom. The second kappa shape index (κ2) is 5.61. The van der Waals surface area contributed by atoms with Crippen LogP contribution in [0.5, 0.6) is 0 Å². The molecule has 106 valence electrons. The fourth-order valence-corrected chi connectivity index (χ4v) is 3.64. The average molecular weight is 402 g/mol. The highest BCUT2D eigenvalue weighted by molar-refractivity contribution is 14.1. The Balaban J connectivity index is 2.43. The highest BCUT2D eigenvalue weighted by atomic mass is 127. The summed E-state index contributed by atoms with van der Waals surface area (Å²) in [5.74, 6) is 0. The number of anilines is 2. The van der Waals surface area contributed by atoms with Gasteiger partial charge in [0.1, 0.15) is 0 Å². The van der Waals surface area contributed by atoms with Gasteiger partial charge in [-0.25, -0.2) is 8.42 Å². The van der Waals surface area contributed by atoms with Crippen molar-refractivity contribution in [3.8, 4) is 0 Å². The molecule has 0 fully saturated rings. The molecule has 0 aliphatic heterocycles. The minimum Gasteiger partial charge on any atom is -0.398 e. The molecule has 0 heterocycles. The number of hydrogen-bond acceptors (Lipinski definition) is 3. The number of hydrogen-bond donors (Lipinski definition) is 2. The van der Waals surface area contributed by atoms with E-state index >= 15 is 0 Å². The molecule has 20 heavy (non-hydrogen) atoms. The van der Waals surface area contributed by atoms with Gasteiger partial charge in [-0.1, -0.05) is 0 Å². The lowest BCUT2D eigenvalue weighted by atomic mass is 10.1. The van der Waals surface area contributed by atoms with E-state index in [2.05, 4.69) is 27.3 Å². The topological polar surface area (TPSA) is 72.2 Å². The predicted molar refractivity (Wildman–Crippen MR) is 90.3 cm³/mol. The molecule has 6 heteroatoms. The highest BCUT2D eigenvalue weighted by Gasteiger charge is 2.18. The Labute approximate surface area is 132 Å². The molecule has 0 radical (unpaired) electrons. The van der Waals surface area contributed by atoms with Gasteiger partial charge >= 0.3 is 0 Å². The lowest BCUT2D eigenvalue weighted by Crippen LogP contribution is -2.15. The summed E-state index contributed by atoms with van der Waals surface area (Å²) in [6.45, 7) is 3.52. The van der Waals surface area contributed by atoms with Crippen molar-refractivity contribution in [3.05, 3.63) is 51.1 Å². The second-order valence-electron chi connectivity index (χ2n) is 4.59. The number of nitrogens with one attached hydrogen (secondary N) is 1. The van der Waals surface area contributed by atoms with Crippen molar-refractivity contribution in [2.75, 3.05) is 10.5 Å². The van der Waals surface area contributed by atoms with Crippen LogP contribution in [0.15, 0.2) is 41.3 Å². The first-order valence-corrected chi connectivity index (χ1v) is 8.51. The van der Waals surface area contributed by atoms with E-state index in [1.165, 1.54) is 0 Å². The summed E-state index contributed by atoms with van der Waals surface area (Å²) in [5, 5.41) is 0. The fourth-order valence-electron chi connectivity index (χ4n) is 1.86. The maximum absolute atomic E-state index is 12.4. The molecule has 0 aliphatic carbocycles. The van der Waals surface area contributed by atoms with E-state index in [9.17, 15) is 8.42 Å². The molecule has 3 N–H and O–H groups in total. The first kappa shape index (κ1) is 15.1. The smallest absolute Gasteiger partial charge is 0.262 e. The van der Waals surface area contributed by atoms with E-state index < -0.39 is 10.0 Å². The van der Waals surface area contributed by atoms with E-state index in [-0.39, 0.29) is 4.90 Å². The van der Waals surface area contributed by atoms with Gasteiger partial charge in [0.15, 0.2) is 0 Å². The molecule has 0 saturated carbocycles. The normalized spacial score (nSPS) is 11.3. The van der Waals surface area contributed by atoms with E-state index in [4.69, 9.17) is 5.73 Å². The molecular weight excluding hydrogens is 387 g/mol. The lowest BCUT2D eigenvalue weighted by molar-refractivity contribution is 0.600. The number of sulfonamides is 1. The predicted octanol–water partition coefficient (Wildman–Crippen LogP) is 3.29. The zero-order valence-corrected chi connectivity index (χ0v) is 14.1. The minimum absolute atomic E-state index is 0.216. The number of aryl methyl sites for hydroxylation is 1. The Morgan fingerprint density at radius 2 is 1.70 bits per heavy atom. The summed E-state index contributed by atoms with van der Waals surface area (Å²) in [6, 6.07) is 10.5. The van der Waals surface area contributed by atoms with E-state index in [0.29, 0.717) is 16.9 Å². The van der Waals surface area contributed by atoms with Crippen LogP contribution in [0.4, 0.5) is 11.4 Å². The molecule has 0 saturated heterocycles. The molecule has 0 spiro atoms. The van der Waals surface area contributed by atoms with Gasteiger partial charge in [-0.3, -0.25) is 4.72 Å². The van der Waals surface area contributed by atoms with Gasteiger partial charge < -0.3 is 5.73 Å². The van der Waals surface area contributed by atoms with E-state index in [0.717, 1.165) is 9.13 Å². The highest BCUT2D eigenvalue weighted by Crippen LogP contribution is 2.25. The van der Waals surface area contributed by atoms with Crippen LogP contribution >= 0.6 is 22.6 Å². The summed E-state index contributed by atoms with van der Waals surface area (Å²) >= 11 is 2.17. The fraction of sp³-hybridized carbons (Fsp3) is 0.143. The van der Waals surface area contributed by atoms with Crippen molar-refractivity contribution in [2.24, 2.45) is 0 Å². The molecule has 4 nitrogen and oxygen atoms in total. The Bertz CT molecular complexity index is 741. The van der Waals surface area contributed by atoms with Gasteiger partial charge in [0.05, 0.1) is 4.90 Å². The Morgan fingerprint density at radius 3 is 2.30 bits per heavy atom. The monoisotopic (exact) mass is 402 g/mol. The van der Waals surface area contributed by atoms with Gasteiger partial charge in [-0.15, -0.1) is 0 Å². The molecule has 2 rings (SSSR count). The van der Waals surface area contributed by atoms with E-state index in [1.54, 1.807) is 31.2 Å². The third-order valence-corrected chi connectivity index (χ3v) is 5.16. The number of nitrogens with two attached hydrogens (primary N) is 1. The number of rotatable bonds is 3. The van der Waals surface area contributed by atoms with Gasteiger partial charge in [-0.05, 0) is 84.0 Å². The summed E-state index contributed by atoms with van der Waals surface area (Å²) in [7, 11) is -3.63. The third kappa shape index (κ3) is 3.24. The quantitative estimate of drug-likeness (QED) is 0.612. The van der Waals surface area contributed by atoms with Crippen molar-refractivity contribution in [2.45, 2.75) is 18.7 Å². The van der Waals surface area contributed by atoms with Gasteiger partial charge in [0.25, 0.3) is 10.0 Å². The van der Waals surface area contributed by atoms with Crippen molar-refractivity contribution < 1.29 is 8.42 Å². The largest absolute Gasteiger partial charge is 0.398 e. The van der Waals surface area contributed by atoms with Crippen LogP contribution in [-0.2, 0) is 10.0 Å². The third-order valence-electron chi connectivity index (χ3n) is 2.93. The summed E-state index contributed by atoms with van der Waals surface area (Å²) < 4.78 is 28.5. The van der Waals surface area contributed by atoms with Crippen LogP contribution in [-0.4, -0.2) is 8.42 Å². The molecule has 0 unspecified atom stereocenters. The zero-order valence-electron chi connectivity index (χ0n) is 11.1. The number of nitrogen functional groups attached to an aromatic ring is 1. The summed E-state index contributed by atoms with van der Waals surface area (Å²) in [6.07, 6.45) is 0. The van der Waals surface area contributed by atoms with Crippen molar-refractivity contribution >= 4 is 44.0 Å². The second-order valence-corrected chi connectivity index (χ2v) is 7.49. The number of halogens is 1. The lowest BCUT2D eigenvalue weighted by Gasteiger charge is -2.13. The molecule has 0 amide bonds. The maximum Gasteiger partial charge on any atom is 0.262 e. The van der Waals surface area contributed by atoms with Crippen LogP contribution in [0.1, 0.15) is 11.1 Å². The molecule has 0 bridgehead atoms. The van der Waals surface area contributed by atoms with E-state index in [1.807, 2.05) is 19.1 Å². The van der Waals surface area contributed by atoms with Crippen LogP contribution in [0.3, 0.4) is 0 Å². The molecule has 0 atom stereocenters. The summed E-state index contributed by atoms with van der Waals surface area (Å²) in [5.41, 5.74) is 8.23. The van der Waals surface area contributed by atoms with Crippen LogP contribution in [0.25, 0.3) is 0 Å². The van der Waals surface area contributed by atoms with Crippen molar-refractivity contribution in [1.29, 1.82) is 0 Å². The minimum atomic E-state index is -3.63. The van der Waals surface area contributed by atoms with Crippen LogP contribution < -0.4 is 10.5 Å². The molecule has 2 aromatic rings. The van der Waals surface area contributed by atoms with Crippen LogP contribution in [0, 0.1) is 17.4 Å².